The van der Waals surface area contributed by atoms with Crippen molar-refractivity contribution >= 4 is 11.6 Å². The number of morpholine rings is 1. The lowest BCUT2D eigenvalue weighted by Crippen LogP contribution is -2.46. The zero-order valence-electron chi connectivity index (χ0n) is 10.4. The lowest BCUT2D eigenvalue weighted by atomic mass is 10.1. The van der Waals surface area contributed by atoms with Gasteiger partial charge in [0.05, 0.1) is 35.3 Å². The second kappa shape index (κ2) is 4.24. The Morgan fingerprint density at radius 2 is 2.11 bits per heavy atom. The number of ether oxygens (including phenoxy) is 1. The Bertz CT molecular complexity index is 477. The number of carbonyl (C=O) groups is 1. The summed E-state index contributed by atoms with van der Waals surface area (Å²) in [6.45, 7) is 3.20. The highest BCUT2D eigenvalue weighted by atomic mass is 16.5. The van der Waals surface area contributed by atoms with Crippen LogP contribution in [0.4, 0.5) is 5.69 Å². The zero-order chi connectivity index (χ0) is 12.7. The molecule has 3 rings (SSSR count). The molecule has 2 aliphatic rings. The number of hydrogen-bond donors (Lipinski definition) is 1. The molecule has 2 unspecified atom stereocenters. The minimum atomic E-state index is 0.0208. The lowest BCUT2D eigenvalue weighted by molar-refractivity contribution is -0.0303. The van der Waals surface area contributed by atoms with Gasteiger partial charge in [-0.3, -0.25) is 9.78 Å². The Kier molecular flexibility index (Phi) is 2.70. The maximum atomic E-state index is 12.5. The number of likely N-dealkylation sites (tertiary alicyclic amines) is 1. The van der Waals surface area contributed by atoms with E-state index in [9.17, 15) is 4.79 Å². The van der Waals surface area contributed by atoms with E-state index in [2.05, 4.69) is 4.98 Å². The predicted octanol–water partition coefficient (Wildman–Crippen LogP) is 0.976. The molecule has 0 aliphatic carbocycles. The van der Waals surface area contributed by atoms with E-state index in [1.54, 1.807) is 12.3 Å². The second-order valence-electron chi connectivity index (χ2n) is 5.07. The monoisotopic (exact) mass is 247 g/mol. The summed E-state index contributed by atoms with van der Waals surface area (Å²) in [6.07, 6.45) is 4.12. The molecule has 2 bridgehead atoms. The summed E-state index contributed by atoms with van der Waals surface area (Å²) in [6, 6.07) is 1.71. The van der Waals surface area contributed by atoms with Crippen LogP contribution < -0.4 is 5.73 Å². The third-order valence-electron chi connectivity index (χ3n) is 3.67. The molecule has 5 heteroatoms. The number of amides is 1. The highest BCUT2D eigenvalue weighted by molar-refractivity contribution is 5.96. The van der Waals surface area contributed by atoms with Crippen molar-refractivity contribution in [3.63, 3.8) is 0 Å². The SMILES string of the molecule is Cc1ncc(N)cc1C(=O)N1CC2CCC(C1)O2. The lowest BCUT2D eigenvalue weighted by Gasteiger charge is -2.32. The first-order chi connectivity index (χ1) is 8.63. The number of hydrogen-bond acceptors (Lipinski definition) is 4. The van der Waals surface area contributed by atoms with Gasteiger partial charge in [0.1, 0.15) is 0 Å². The molecule has 0 saturated carbocycles. The average Bonchev–Trinajstić information content (AvgIpc) is 2.70. The number of nitrogens with two attached hydrogens (primary N) is 1. The second-order valence-corrected chi connectivity index (χ2v) is 5.07. The number of carbonyl (C=O) groups excluding carboxylic acids is 1. The van der Waals surface area contributed by atoms with Crippen LogP contribution in [0.25, 0.3) is 0 Å². The van der Waals surface area contributed by atoms with Gasteiger partial charge < -0.3 is 15.4 Å². The minimum Gasteiger partial charge on any atom is -0.397 e. The maximum absolute atomic E-state index is 12.5. The molecular formula is C13H17N3O2. The predicted molar refractivity (Wildman–Crippen MR) is 67.2 cm³/mol. The number of rotatable bonds is 1. The van der Waals surface area contributed by atoms with Gasteiger partial charge in [-0.2, -0.15) is 0 Å². The number of aromatic nitrogens is 1. The van der Waals surface area contributed by atoms with Crippen molar-refractivity contribution in [2.24, 2.45) is 0 Å². The van der Waals surface area contributed by atoms with Gasteiger partial charge in [0.25, 0.3) is 5.91 Å². The molecule has 2 fully saturated rings. The number of fused-ring (bicyclic) bond motifs is 2. The molecule has 2 saturated heterocycles. The smallest absolute Gasteiger partial charge is 0.255 e. The molecular weight excluding hydrogens is 230 g/mol. The van der Waals surface area contributed by atoms with E-state index in [0.717, 1.165) is 18.5 Å². The summed E-state index contributed by atoms with van der Waals surface area (Å²) in [4.78, 5) is 18.5. The number of nitrogens with zero attached hydrogens (tertiary/aromatic N) is 2. The molecule has 2 N–H and O–H groups in total. The van der Waals surface area contributed by atoms with Crippen LogP contribution in [0.1, 0.15) is 28.9 Å². The van der Waals surface area contributed by atoms with E-state index in [1.165, 1.54) is 0 Å². The Hall–Kier alpha value is -1.62. The van der Waals surface area contributed by atoms with Crippen molar-refractivity contribution in [3.05, 3.63) is 23.5 Å². The van der Waals surface area contributed by atoms with E-state index in [0.29, 0.717) is 24.3 Å². The van der Waals surface area contributed by atoms with Crippen LogP contribution in [0.3, 0.4) is 0 Å². The maximum Gasteiger partial charge on any atom is 0.255 e. The molecule has 1 aromatic heterocycles. The molecule has 1 amide bonds. The van der Waals surface area contributed by atoms with Crippen molar-refractivity contribution in [2.75, 3.05) is 18.8 Å². The Labute approximate surface area is 106 Å². The molecule has 2 atom stereocenters. The Balaban J connectivity index is 1.84. The number of anilines is 1. The van der Waals surface area contributed by atoms with Crippen LogP contribution in [0, 0.1) is 6.92 Å². The van der Waals surface area contributed by atoms with Crippen molar-refractivity contribution in [3.8, 4) is 0 Å². The third-order valence-corrected chi connectivity index (χ3v) is 3.67. The number of pyridine rings is 1. The van der Waals surface area contributed by atoms with E-state index in [-0.39, 0.29) is 18.1 Å². The molecule has 2 aliphatic heterocycles. The summed E-state index contributed by atoms with van der Waals surface area (Å²) < 4.78 is 5.73. The van der Waals surface area contributed by atoms with Crippen LogP contribution in [-0.4, -0.2) is 41.1 Å². The van der Waals surface area contributed by atoms with Crippen LogP contribution >= 0.6 is 0 Å². The van der Waals surface area contributed by atoms with E-state index in [1.807, 2.05) is 11.8 Å². The molecule has 5 nitrogen and oxygen atoms in total. The standard InChI is InChI=1S/C13H17N3O2/c1-8-12(4-9(14)5-15-8)13(17)16-6-10-2-3-11(7-16)18-10/h4-5,10-11H,2-3,6-7,14H2,1H3. The number of nitrogen functional groups attached to an aromatic ring is 1. The average molecular weight is 247 g/mol. The van der Waals surface area contributed by atoms with E-state index < -0.39 is 0 Å². The summed E-state index contributed by atoms with van der Waals surface area (Å²) in [5.74, 6) is 0.0208. The van der Waals surface area contributed by atoms with Crippen molar-refractivity contribution in [1.29, 1.82) is 0 Å². The minimum absolute atomic E-state index is 0.0208. The topological polar surface area (TPSA) is 68.5 Å². The molecule has 3 heterocycles. The normalized spacial score (nSPS) is 26.4. The molecule has 0 spiro atoms. The van der Waals surface area contributed by atoms with Gasteiger partial charge in [-0.25, -0.2) is 0 Å². The van der Waals surface area contributed by atoms with Gasteiger partial charge in [0.15, 0.2) is 0 Å². The first kappa shape index (κ1) is 11.5. The summed E-state index contributed by atoms with van der Waals surface area (Å²) in [5.41, 5.74) is 7.57. The molecule has 18 heavy (non-hydrogen) atoms. The Morgan fingerprint density at radius 1 is 1.44 bits per heavy atom. The van der Waals surface area contributed by atoms with Gasteiger partial charge in [-0.15, -0.1) is 0 Å². The Morgan fingerprint density at radius 3 is 2.78 bits per heavy atom. The highest BCUT2D eigenvalue weighted by Crippen LogP contribution is 2.27. The first-order valence-corrected chi connectivity index (χ1v) is 6.30. The summed E-state index contributed by atoms with van der Waals surface area (Å²) in [5, 5.41) is 0. The summed E-state index contributed by atoms with van der Waals surface area (Å²) >= 11 is 0. The van der Waals surface area contributed by atoms with Gasteiger partial charge in [0.2, 0.25) is 0 Å². The molecule has 96 valence electrons. The van der Waals surface area contributed by atoms with Crippen molar-refractivity contribution < 1.29 is 9.53 Å². The highest BCUT2D eigenvalue weighted by Gasteiger charge is 2.36. The fourth-order valence-electron chi connectivity index (χ4n) is 2.72. The number of aryl methyl sites for hydroxylation is 1. The van der Waals surface area contributed by atoms with Crippen molar-refractivity contribution in [2.45, 2.75) is 32.0 Å². The van der Waals surface area contributed by atoms with E-state index in [4.69, 9.17) is 10.5 Å². The van der Waals surface area contributed by atoms with Gasteiger partial charge in [0, 0.05) is 13.1 Å². The largest absolute Gasteiger partial charge is 0.397 e. The molecule has 0 aromatic carbocycles. The third kappa shape index (κ3) is 1.95. The fraction of sp³-hybridized carbons (Fsp3) is 0.538. The molecule has 0 radical (unpaired) electrons. The van der Waals surface area contributed by atoms with Crippen LogP contribution in [0.2, 0.25) is 0 Å². The van der Waals surface area contributed by atoms with Gasteiger partial charge in [-0.1, -0.05) is 0 Å². The van der Waals surface area contributed by atoms with Gasteiger partial charge >= 0.3 is 0 Å². The first-order valence-electron chi connectivity index (χ1n) is 6.30. The zero-order valence-corrected chi connectivity index (χ0v) is 10.4. The van der Waals surface area contributed by atoms with E-state index >= 15 is 0 Å². The fourth-order valence-corrected chi connectivity index (χ4v) is 2.72. The summed E-state index contributed by atoms with van der Waals surface area (Å²) in [7, 11) is 0. The molecule has 1 aromatic rings. The van der Waals surface area contributed by atoms with Crippen LogP contribution in [0.5, 0.6) is 0 Å². The van der Waals surface area contributed by atoms with Gasteiger partial charge in [-0.05, 0) is 25.8 Å². The van der Waals surface area contributed by atoms with Crippen molar-refractivity contribution in [1.82, 2.24) is 9.88 Å². The van der Waals surface area contributed by atoms with Crippen LogP contribution in [0.15, 0.2) is 12.3 Å². The van der Waals surface area contributed by atoms with Crippen LogP contribution in [-0.2, 0) is 4.74 Å². The quantitative estimate of drug-likeness (QED) is 0.803.